The first kappa shape index (κ1) is 19.3. The highest BCUT2D eigenvalue weighted by molar-refractivity contribution is 6.30. The molecule has 0 spiro atoms. The average molecular weight is 388 g/mol. The zero-order chi connectivity index (χ0) is 19.8. The van der Waals surface area contributed by atoms with Gasteiger partial charge in [-0.1, -0.05) is 11.6 Å². The van der Waals surface area contributed by atoms with Crippen molar-refractivity contribution < 1.29 is 9.53 Å². The summed E-state index contributed by atoms with van der Waals surface area (Å²) in [6.45, 7) is 7.49. The molecule has 1 saturated carbocycles. The summed E-state index contributed by atoms with van der Waals surface area (Å²) in [7, 11) is 0. The van der Waals surface area contributed by atoms with Crippen LogP contribution in [0, 0.1) is 22.7 Å². The maximum absolute atomic E-state index is 12.2. The molecule has 0 N–H and O–H groups in total. The Bertz CT molecular complexity index is 838. The van der Waals surface area contributed by atoms with Gasteiger partial charge in [0.1, 0.15) is 28.7 Å². The summed E-state index contributed by atoms with van der Waals surface area (Å²) in [5.41, 5.74) is 0.935. The van der Waals surface area contributed by atoms with Crippen LogP contribution in [0.15, 0.2) is 0 Å². The minimum absolute atomic E-state index is 0.142. The minimum atomic E-state index is -0.538. The molecule has 2 fully saturated rings. The second-order valence-electron chi connectivity index (χ2n) is 7.84. The van der Waals surface area contributed by atoms with Crippen molar-refractivity contribution in [3.8, 4) is 12.1 Å². The molecule has 0 atom stereocenters. The van der Waals surface area contributed by atoms with E-state index in [4.69, 9.17) is 16.3 Å². The van der Waals surface area contributed by atoms with Crippen LogP contribution in [0.1, 0.15) is 56.2 Å². The number of amides is 1. The molecule has 0 bridgehead atoms. The normalized spacial score (nSPS) is 17.3. The van der Waals surface area contributed by atoms with E-state index in [-0.39, 0.29) is 17.2 Å². The number of hydrogen-bond acceptors (Lipinski definition) is 6. The van der Waals surface area contributed by atoms with E-state index in [1.807, 2.05) is 25.7 Å². The third-order valence-electron chi connectivity index (χ3n) is 4.61. The molecule has 1 aliphatic heterocycles. The van der Waals surface area contributed by atoms with Crippen LogP contribution in [0.5, 0.6) is 0 Å². The van der Waals surface area contributed by atoms with Crippen LogP contribution >= 0.6 is 11.6 Å². The van der Waals surface area contributed by atoms with E-state index >= 15 is 0 Å². The molecular formula is C19H22ClN5O2. The quantitative estimate of drug-likeness (QED) is 0.722. The fourth-order valence-electron chi connectivity index (χ4n) is 3.21. The van der Waals surface area contributed by atoms with Gasteiger partial charge in [0, 0.05) is 26.2 Å². The van der Waals surface area contributed by atoms with Gasteiger partial charge in [0.25, 0.3) is 0 Å². The van der Waals surface area contributed by atoms with E-state index in [0.717, 1.165) is 18.4 Å². The van der Waals surface area contributed by atoms with Gasteiger partial charge in [-0.2, -0.15) is 10.5 Å². The fourth-order valence-corrected chi connectivity index (χ4v) is 3.44. The zero-order valence-electron chi connectivity index (χ0n) is 15.8. The van der Waals surface area contributed by atoms with Gasteiger partial charge < -0.3 is 14.5 Å². The summed E-state index contributed by atoms with van der Waals surface area (Å²) in [5.74, 6) is 0.712. The van der Waals surface area contributed by atoms with Gasteiger partial charge in [-0.15, -0.1) is 0 Å². The number of rotatable bonds is 2. The lowest BCUT2D eigenvalue weighted by Gasteiger charge is -2.36. The molecule has 8 heteroatoms. The van der Waals surface area contributed by atoms with Crippen molar-refractivity contribution >= 4 is 23.5 Å². The first-order chi connectivity index (χ1) is 12.7. The maximum Gasteiger partial charge on any atom is 0.410 e. The molecule has 7 nitrogen and oxygen atoms in total. The van der Waals surface area contributed by atoms with Crippen LogP contribution in [0.25, 0.3) is 0 Å². The third-order valence-corrected chi connectivity index (χ3v) is 4.89. The van der Waals surface area contributed by atoms with E-state index in [1.165, 1.54) is 0 Å². The second-order valence-corrected chi connectivity index (χ2v) is 8.20. The first-order valence-electron chi connectivity index (χ1n) is 9.01. The Kier molecular flexibility index (Phi) is 5.17. The van der Waals surface area contributed by atoms with E-state index in [9.17, 15) is 15.3 Å². The molecule has 1 aromatic rings. The van der Waals surface area contributed by atoms with Crippen molar-refractivity contribution in [2.45, 2.75) is 45.1 Å². The molecule has 142 valence electrons. The van der Waals surface area contributed by atoms with Crippen LogP contribution in [-0.4, -0.2) is 47.8 Å². The molecule has 2 heterocycles. The Morgan fingerprint density at radius 2 is 1.74 bits per heavy atom. The van der Waals surface area contributed by atoms with Crippen LogP contribution in [-0.2, 0) is 4.74 Å². The number of carbonyl (C=O) groups excluding carboxylic acids is 1. The summed E-state index contributed by atoms with van der Waals surface area (Å²) in [4.78, 5) is 20.2. The van der Waals surface area contributed by atoms with Gasteiger partial charge in [-0.3, -0.25) is 0 Å². The third kappa shape index (κ3) is 4.09. The van der Waals surface area contributed by atoms with Crippen LogP contribution in [0.2, 0.25) is 5.15 Å². The van der Waals surface area contributed by atoms with Crippen LogP contribution in [0.3, 0.4) is 0 Å². The largest absolute Gasteiger partial charge is 0.444 e. The minimum Gasteiger partial charge on any atom is -0.444 e. The van der Waals surface area contributed by atoms with Crippen molar-refractivity contribution in [1.29, 1.82) is 10.5 Å². The zero-order valence-corrected chi connectivity index (χ0v) is 16.5. The molecular weight excluding hydrogens is 366 g/mol. The summed E-state index contributed by atoms with van der Waals surface area (Å²) in [6, 6.07) is 4.33. The van der Waals surface area contributed by atoms with Crippen molar-refractivity contribution in [1.82, 2.24) is 9.88 Å². The van der Waals surface area contributed by atoms with Crippen LogP contribution in [0.4, 0.5) is 10.6 Å². The monoisotopic (exact) mass is 387 g/mol. The molecule has 0 unspecified atom stereocenters. The molecule has 0 aromatic carbocycles. The highest BCUT2D eigenvalue weighted by Gasteiger charge is 2.34. The van der Waals surface area contributed by atoms with Gasteiger partial charge in [0.15, 0.2) is 0 Å². The fraction of sp³-hybridized carbons (Fsp3) is 0.579. The average Bonchev–Trinajstić information content (AvgIpc) is 3.44. The number of ether oxygens (including phenoxy) is 1. The first-order valence-corrected chi connectivity index (χ1v) is 9.39. The number of hydrogen-bond donors (Lipinski definition) is 0. The number of halogens is 1. The standard InChI is InChI=1S/C19H22ClN5O2/c1-19(2,3)27-18(26)25-8-6-24(7-9-25)17-14(11-22)15(12-4-5-12)13(10-21)16(20)23-17/h12H,4-9H2,1-3H3. The van der Waals surface area contributed by atoms with Gasteiger partial charge in [0.05, 0.1) is 11.1 Å². The Balaban J connectivity index is 1.82. The smallest absolute Gasteiger partial charge is 0.410 e. The van der Waals surface area contributed by atoms with E-state index in [1.54, 1.807) is 4.90 Å². The Morgan fingerprint density at radius 3 is 2.22 bits per heavy atom. The highest BCUT2D eigenvalue weighted by atomic mass is 35.5. The van der Waals surface area contributed by atoms with Crippen LogP contribution < -0.4 is 4.90 Å². The van der Waals surface area contributed by atoms with Gasteiger partial charge in [0.2, 0.25) is 0 Å². The molecule has 2 aliphatic rings. The van der Waals surface area contributed by atoms with E-state index in [0.29, 0.717) is 43.1 Å². The van der Waals surface area contributed by atoms with E-state index < -0.39 is 5.60 Å². The Hall–Kier alpha value is -2.51. The van der Waals surface area contributed by atoms with E-state index in [2.05, 4.69) is 17.1 Å². The number of piperazine rings is 1. The highest BCUT2D eigenvalue weighted by Crippen LogP contribution is 2.46. The molecule has 1 amide bonds. The van der Waals surface area contributed by atoms with Gasteiger partial charge >= 0.3 is 6.09 Å². The lowest BCUT2D eigenvalue weighted by atomic mass is 9.99. The lowest BCUT2D eigenvalue weighted by molar-refractivity contribution is 0.0240. The molecule has 27 heavy (non-hydrogen) atoms. The molecule has 0 radical (unpaired) electrons. The summed E-state index contributed by atoms with van der Waals surface area (Å²) < 4.78 is 5.41. The number of pyridine rings is 1. The number of anilines is 1. The van der Waals surface area contributed by atoms with Gasteiger partial charge in [-0.25, -0.2) is 9.78 Å². The van der Waals surface area contributed by atoms with Crippen molar-refractivity contribution in [3.05, 3.63) is 21.8 Å². The molecule has 1 aromatic heterocycles. The predicted molar refractivity (Wildman–Crippen MR) is 101 cm³/mol. The SMILES string of the molecule is CC(C)(C)OC(=O)N1CCN(c2nc(Cl)c(C#N)c(C3CC3)c2C#N)CC1. The van der Waals surface area contributed by atoms with Crippen molar-refractivity contribution in [3.63, 3.8) is 0 Å². The number of carbonyl (C=O) groups is 1. The van der Waals surface area contributed by atoms with Gasteiger partial charge in [-0.05, 0) is 45.1 Å². The molecule has 1 saturated heterocycles. The second kappa shape index (κ2) is 7.25. The molecule has 1 aliphatic carbocycles. The van der Waals surface area contributed by atoms with Crippen molar-refractivity contribution in [2.24, 2.45) is 0 Å². The Morgan fingerprint density at radius 1 is 1.15 bits per heavy atom. The topological polar surface area (TPSA) is 93.2 Å². The number of nitrogens with zero attached hydrogens (tertiary/aromatic N) is 5. The summed E-state index contributed by atoms with van der Waals surface area (Å²) in [5, 5.41) is 19.3. The number of nitriles is 2. The summed E-state index contributed by atoms with van der Waals surface area (Å²) in [6.07, 6.45) is 1.57. The predicted octanol–water partition coefficient (Wildman–Crippen LogP) is 3.41. The Labute approximate surface area is 164 Å². The number of aromatic nitrogens is 1. The lowest BCUT2D eigenvalue weighted by Crippen LogP contribution is -2.50. The molecule has 3 rings (SSSR count). The maximum atomic E-state index is 12.2. The summed E-state index contributed by atoms with van der Waals surface area (Å²) >= 11 is 6.25. The van der Waals surface area contributed by atoms with Crippen molar-refractivity contribution in [2.75, 3.05) is 31.1 Å².